The van der Waals surface area contributed by atoms with Crippen LogP contribution in [0.15, 0.2) is 23.3 Å². The molecule has 0 saturated carbocycles. The fourth-order valence-corrected chi connectivity index (χ4v) is 2.02. The first-order valence-corrected chi connectivity index (χ1v) is 7.40. The average molecular weight is 252 g/mol. The zero-order chi connectivity index (χ0) is 14.8. The Morgan fingerprint density at radius 1 is 1.11 bits per heavy atom. The summed E-state index contributed by atoms with van der Waals surface area (Å²) in [7, 11) is 0. The quantitative estimate of drug-likeness (QED) is 0.615. The van der Waals surface area contributed by atoms with Crippen LogP contribution < -0.4 is 0 Å². The molecule has 106 valence electrons. The lowest BCUT2D eigenvalue weighted by molar-refractivity contribution is -0.125. The third-order valence-electron chi connectivity index (χ3n) is 3.08. The molecular formula is C17H32O. The summed E-state index contributed by atoms with van der Waals surface area (Å²) in [5, 5.41) is 0. The molecule has 0 aromatic rings. The molecule has 0 spiro atoms. The predicted octanol–water partition coefficient (Wildman–Crippen LogP) is 5.71. The standard InChI is InChI=1S/C13H20O.2C2H6/c1-5-6-7-11-10(2)8-9-12(14)13(11,3)4;2*1-2/h6-7H,5,8-9H2,1-4H3;2*1-2H3/b7-6+;;. The molecule has 0 bridgehead atoms. The van der Waals surface area contributed by atoms with Gasteiger partial charge in [0.2, 0.25) is 0 Å². The van der Waals surface area contributed by atoms with E-state index in [1.807, 2.05) is 41.5 Å². The lowest BCUT2D eigenvalue weighted by Gasteiger charge is -2.31. The number of rotatable bonds is 2. The lowest BCUT2D eigenvalue weighted by atomic mass is 9.71. The van der Waals surface area contributed by atoms with Crippen molar-refractivity contribution in [2.24, 2.45) is 5.41 Å². The lowest BCUT2D eigenvalue weighted by Crippen LogP contribution is -2.30. The zero-order valence-electron chi connectivity index (χ0n) is 13.7. The number of hydrogen-bond donors (Lipinski definition) is 0. The van der Waals surface area contributed by atoms with Crippen LogP contribution in [0.25, 0.3) is 0 Å². The first-order chi connectivity index (χ1) is 8.50. The molecule has 0 heterocycles. The van der Waals surface area contributed by atoms with E-state index in [0.29, 0.717) is 12.2 Å². The number of allylic oxidation sites excluding steroid dienone is 4. The number of Topliss-reactive ketones (excluding diaryl/α,β-unsaturated/α-hetero) is 1. The molecule has 1 aliphatic carbocycles. The SMILES string of the molecule is CC.CC.CC/C=C/C1=C(C)CCC(=O)C1(C)C. The fraction of sp³-hybridized carbons (Fsp3) is 0.706. The first-order valence-electron chi connectivity index (χ1n) is 7.40. The summed E-state index contributed by atoms with van der Waals surface area (Å²) in [6.45, 7) is 16.3. The van der Waals surface area contributed by atoms with Gasteiger partial charge in [0.1, 0.15) is 5.78 Å². The minimum atomic E-state index is -0.270. The molecule has 0 aliphatic heterocycles. The molecule has 0 saturated heterocycles. The second kappa shape index (κ2) is 10.1. The number of ketones is 1. The molecule has 0 aromatic heterocycles. The highest BCUT2D eigenvalue weighted by atomic mass is 16.1. The van der Waals surface area contributed by atoms with E-state index in [4.69, 9.17) is 0 Å². The van der Waals surface area contributed by atoms with E-state index in [1.54, 1.807) is 0 Å². The van der Waals surface area contributed by atoms with Gasteiger partial charge >= 0.3 is 0 Å². The number of carbonyl (C=O) groups excluding carboxylic acids is 1. The van der Waals surface area contributed by atoms with E-state index in [-0.39, 0.29) is 5.41 Å². The maximum atomic E-state index is 11.8. The van der Waals surface area contributed by atoms with Gasteiger partial charge in [-0.2, -0.15) is 0 Å². The number of carbonyl (C=O) groups is 1. The Hall–Kier alpha value is -0.850. The Bertz CT molecular complexity index is 293. The van der Waals surface area contributed by atoms with Crippen molar-refractivity contribution in [2.45, 2.75) is 74.7 Å². The molecule has 0 unspecified atom stereocenters. The monoisotopic (exact) mass is 252 g/mol. The van der Waals surface area contributed by atoms with Crippen molar-refractivity contribution in [3.63, 3.8) is 0 Å². The third-order valence-corrected chi connectivity index (χ3v) is 3.08. The van der Waals surface area contributed by atoms with E-state index in [1.165, 1.54) is 11.1 Å². The van der Waals surface area contributed by atoms with Gasteiger partial charge in [-0.15, -0.1) is 0 Å². The summed E-state index contributed by atoms with van der Waals surface area (Å²) >= 11 is 0. The molecule has 18 heavy (non-hydrogen) atoms. The van der Waals surface area contributed by atoms with Crippen molar-refractivity contribution in [3.8, 4) is 0 Å². The molecule has 0 amide bonds. The van der Waals surface area contributed by atoms with E-state index in [0.717, 1.165) is 12.8 Å². The highest BCUT2D eigenvalue weighted by molar-refractivity contribution is 5.89. The Morgan fingerprint density at radius 3 is 2.06 bits per heavy atom. The highest BCUT2D eigenvalue weighted by Gasteiger charge is 2.34. The van der Waals surface area contributed by atoms with Crippen molar-refractivity contribution in [3.05, 3.63) is 23.3 Å². The molecule has 0 N–H and O–H groups in total. The molecule has 1 nitrogen and oxygen atoms in total. The van der Waals surface area contributed by atoms with Crippen LogP contribution in [0.4, 0.5) is 0 Å². The van der Waals surface area contributed by atoms with Gasteiger partial charge in [0.05, 0.1) is 0 Å². The second-order valence-electron chi connectivity index (χ2n) is 4.55. The summed E-state index contributed by atoms with van der Waals surface area (Å²) in [6, 6.07) is 0. The van der Waals surface area contributed by atoms with Crippen molar-refractivity contribution in [1.82, 2.24) is 0 Å². The van der Waals surface area contributed by atoms with Crippen LogP contribution in [0.2, 0.25) is 0 Å². The summed E-state index contributed by atoms with van der Waals surface area (Å²) in [5.74, 6) is 0.374. The first kappa shape index (κ1) is 19.5. The van der Waals surface area contributed by atoms with Gasteiger partial charge in [0, 0.05) is 11.8 Å². The normalized spacial score (nSPS) is 17.9. The van der Waals surface area contributed by atoms with Gasteiger partial charge in [-0.1, -0.05) is 52.3 Å². The maximum Gasteiger partial charge on any atom is 0.143 e. The molecular weight excluding hydrogens is 220 g/mol. The highest BCUT2D eigenvalue weighted by Crippen LogP contribution is 2.38. The largest absolute Gasteiger partial charge is 0.299 e. The van der Waals surface area contributed by atoms with Gasteiger partial charge < -0.3 is 0 Å². The van der Waals surface area contributed by atoms with Crippen LogP contribution in [0.1, 0.15) is 74.7 Å². The van der Waals surface area contributed by atoms with E-state index in [9.17, 15) is 4.79 Å². The molecule has 0 fully saturated rings. The summed E-state index contributed by atoms with van der Waals surface area (Å²) < 4.78 is 0. The van der Waals surface area contributed by atoms with Crippen LogP contribution in [0.5, 0.6) is 0 Å². The molecule has 0 atom stereocenters. The van der Waals surface area contributed by atoms with E-state index >= 15 is 0 Å². The fourth-order valence-electron chi connectivity index (χ4n) is 2.02. The van der Waals surface area contributed by atoms with Gasteiger partial charge in [-0.05, 0) is 39.2 Å². The summed E-state index contributed by atoms with van der Waals surface area (Å²) in [6.07, 6.45) is 6.95. The van der Waals surface area contributed by atoms with Crippen LogP contribution in [0, 0.1) is 5.41 Å². The van der Waals surface area contributed by atoms with Crippen LogP contribution in [-0.2, 0) is 4.79 Å². The Morgan fingerprint density at radius 2 is 1.61 bits per heavy atom. The van der Waals surface area contributed by atoms with Crippen molar-refractivity contribution < 1.29 is 4.79 Å². The topological polar surface area (TPSA) is 17.1 Å². The van der Waals surface area contributed by atoms with Crippen molar-refractivity contribution in [2.75, 3.05) is 0 Å². The van der Waals surface area contributed by atoms with Gasteiger partial charge in [0.15, 0.2) is 0 Å². The molecule has 1 rings (SSSR count). The summed E-state index contributed by atoms with van der Waals surface area (Å²) in [5.41, 5.74) is 2.34. The second-order valence-corrected chi connectivity index (χ2v) is 4.55. The predicted molar refractivity (Wildman–Crippen MR) is 82.8 cm³/mol. The Balaban J connectivity index is 0. The van der Waals surface area contributed by atoms with Gasteiger partial charge in [-0.25, -0.2) is 0 Å². The van der Waals surface area contributed by atoms with E-state index in [2.05, 4.69) is 26.0 Å². The van der Waals surface area contributed by atoms with Crippen molar-refractivity contribution >= 4 is 5.78 Å². The minimum Gasteiger partial charge on any atom is -0.299 e. The zero-order valence-corrected chi connectivity index (χ0v) is 13.7. The average Bonchev–Trinajstić information content (AvgIpc) is 2.39. The van der Waals surface area contributed by atoms with Crippen LogP contribution >= 0.6 is 0 Å². The Kier molecular flexibility index (Phi) is 10.9. The van der Waals surface area contributed by atoms with Gasteiger partial charge in [-0.3, -0.25) is 4.79 Å². The maximum absolute atomic E-state index is 11.8. The van der Waals surface area contributed by atoms with Crippen molar-refractivity contribution in [1.29, 1.82) is 0 Å². The molecule has 0 aromatic carbocycles. The minimum absolute atomic E-state index is 0.270. The number of hydrogen-bond acceptors (Lipinski definition) is 1. The van der Waals surface area contributed by atoms with Gasteiger partial charge in [0.25, 0.3) is 0 Å². The summed E-state index contributed by atoms with van der Waals surface area (Å²) in [4.78, 5) is 11.8. The van der Waals surface area contributed by atoms with Crippen LogP contribution in [0.3, 0.4) is 0 Å². The third kappa shape index (κ3) is 5.20. The smallest absolute Gasteiger partial charge is 0.143 e. The Labute approximate surface area is 114 Å². The molecule has 1 heteroatoms. The molecule has 0 radical (unpaired) electrons. The van der Waals surface area contributed by atoms with E-state index < -0.39 is 0 Å². The van der Waals surface area contributed by atoms with Crippen LogP contribution in [-0.4, -0.2) is 5.78 Å². The molecule has 1 aliphatic rings.